The fourth-order valence-corrected chi connectivity index (χ4v) is 1.89. The predicted octanol–water partition coefficient (Wildman–Crippen LogP) is 3.00. The summed E-state index contributed by atoms with van der Waals surface area (Å²) in [6.45, 7) is 1.60. The third-order valence-electron chi connectivity index (χ3n) is 2.77. The second-order valence-electron chi connectivity index (χ2n) is 4.03. The lowest BCUT2D eigenvalue weighted by atomic mass is 9.95. The lowest BCUT2D eigenvalue weighted by molar-refractivity contribution is -0.139. The van der Waals surface area contributed by atoms with Gasteiger partial charge in [-0.3, -0.25) is 0 Å². The number of aliphatic hydroxyl groups is 1. The first-order chi connectivity index (χ1) is 6.84. The van der Waals surface area contributed by atoms with Gasteiger partial charge in [0.2, 0.25) is 0 Å². The topological polar surface area (TPSA) is 20.2 Å². The molecule has 0 bridgehead atoms. The first-order valence-electron chi connectivity index (χ1n) is 4.74. The van der Waals surface area contributed by atoms with Crippen molar-refractivity contribution >= 4 is 0 Å². The molecule has 1 saturated carbocycles. The number of hydrogen-bond acceptors (Lipinski definition) is 1. The summed E-state index contributed by atoms with van der Waals surface area (Å²) in [6, 6.07) is 3.99. The Labute approximate surface area is 85.5 Å². The van der Waals surface area contributed by atoms with E-state index in [0.717, 1.165) is 6.07 Å². The molecule has 1 N–H and O–H groups in total. The maximum Gasteiger partial charge on any atom is 0.416 e. The van der Waals surface area contributed by atoms with Crippen LogP contribution in [0.3, 0.4) is 0 Å². The molecule has 0 spiro atoms. The molecule has 82 valence electrons. The van der Waals surface area contributed by atoms with Gasteiger partial charge < -0.3 is 5.11 Å². The summed E-state index contributed by atoms with van der Waals surface area (Å²) in [5.74, 6) is 0. The number of rotatable bonds is 1. The fourth-order valence-electron chi connectivity index (χ4n) is 1.89. The maximum atomic E-state index is 12.7. The van der Waals surface area contributed by atoms with Gasteiger partial charge in [-0.2, -0.15) is 13.2 Å². The van der Waals surface area contributed by atoms with E-state index in [4.69, 9.17) is 0 Å². The van der Waals surface area contributed by atoms with Crippen LogP contribution >= 0.6 is 0 Å². The van der Waals surface area contributed by atoms with Gasteiger partial charge in [0.1, 0.15) is 0 Å². The van der Waals surface area contributed by atoms with Crippen molar-refractivity contribution in [2.24, 2.45) is 0 Å². The van der Waals surface area contributed by atoms with E-state index < -0.39 is 17.3 Å². The van der Waals surface area contributed by atoms with Gasteiger partial charge in [-0.05, 0) is 37.0 Å². The summed E-state index contributed by atoms with van der Waals surface area (Å²) in [5, 5.41) is 9.83. The average molecular weight is 216 g/mol. The minimum absolute atomic E-state index is 0.0532. The van der Waals surface area contributed by atoms with Gasteiger partial charge in [0, 0.05) is 0 Å². The largest absolute Gasteiger partial charge is 0.416 e. The first kappa shape index (κ1) is 10.5. The molecular formula is C11H11F3O. The van der Waals surface area contributed by atoms with E-state index in [9.17, 15) is 18.3 Å². The Morgan fingerprint density at radius 2 is 1.87 bits per heavy atom. The molecule has 0 unspecified atom stereocenters. The van der Waals surface area contributed by atoms with Crippen molar-refractivity contribution in [3.8, 4) is 0 Å². The van der Waals surface area contributed by atoms with Crippen LogP contribution in [0.15, 0.2) is 18.2 Å². The van der Waals surface area contributed by atoms with Gasteiger partial charge in [-0.1, -0.05) is 12.1 Å². The average Bonchev–Trinajstić information content (AvgIpc) is 2.82. The fraction of sp³-hybridized carbons (Fsp3) is 0.455. The number of hydrogen-bond donors (Lipinski definition) is 1. The standard InChI is InChI=1S/C11H11F3O/c1-7-3-2-4-8(11(12,13)14)9(7)10(15)5-6-10/h2-4,15H,5-6H2,1H3. The Balaban J connectivity index is 2.60. The number of aryl methyl sites for hydroxylation is 1. The van der Waals surface area contributed by atoms with E-state index in [0.29, 0.717) is 18.4 Å². The quantitative estimate of drug-likeness (QED) is 0.765. The van der Waals surface area contributed by atoms with Gasteiger partial charge in [0.05, 0.1) is 11.2 Å². The van der Waals surface area contributed by atoms with Crippen LogP contribution in [0.25, 0.3) is 0 Å². The summed E-state index contributed by atoms with van der Waals surface area (Å²) in [7, 11) is 0. The Morgan fingerprint density at radius 1 is 1.27 bits per heavy atom. The molecule has 2 rings (SSSR count). The van der Waals surface area contributed by atoms with E-state index in [1.807, 2.05) is 0 Å². The number of alkyl halides is 3. The van der Waals surface area contributed by atoms with Crippen LogP contribution in [0, 0.1) is 6.92 Å². The Morgan fingerprint density at radius 3 is 2.33 bits per heavy atom. The van der Waals surface area contributed by atoms with Crippen LogP contribution in [0.4, 0.5) is 13.2 Å². The summed E-state index contributed by atoms with van der Waals surface area (Å²) in [4.78, 5) is 0. The van der Waals surface area contributed by atoms with Crippen LogP contribution in [0.1, 0.15) is 29.5 Å². The summed E-state index contributed by atoms with van der Waals surface area (Å²) >= 11 is 0. The molecule has 4 heteroatoms. The van der Waals surface area contributed by atoms with Crippen LogP contribution in [0.2, 0.25) is 0 Å². The van der Waals surface area contributed by atoms with Gasteiger partial charge in [-0.15, -0.1) is 0 Å². The number of halogens is 3. The first-order valence-corrected chi connectivity index (χ1v) is 4.74. The molecule has 0 amide bonds. The Hall–Kier alpha value is -1.03. The number of benzene rings is 1. The molecule has 0 aliphatic heterocycles. The van der Waals surface area contributed by atoms with Crippen LogP contribution in [-0.4, -0.2) is 5.11 Å². The van der Waals surface area contributed by atoms with Crippen molar-refractivity contribution in [2.75, 3.05) is 0 Å². The Bertz CT molecular complexity index is 391. The molecule has 1 aromatic rings. The van der Waals surface area contributed by atoms with Gasteiger partial charge in [-0.25, -0.2) is 0 Å². The van der Waals surface area contributed by atoms with E-state index >= 15 is 0 Å². The normalized spacial score (nSPS) is 19.0. The van der Waals surface area contributed by atoms with E-state index in [-0.39, 0.29) is 5.56 Å². The predicted molar refractivity (Wildman–Crippen MR) is 49.3 cm³/mol. The van der Waals surface area contributed by atoms with Crippen molar-refractivity contribution in [2.45, 2.75) is 31.5 Å². The minimum atomic E-state index is -4.39. The highest BCUT2D eigenvalue weighted by Crippen LogP contribution is 2.50. The molecule has 0 aromatic heterocycles. The molecule has 15 heavy (non-hydrogen) atoms. The molecule has 1 nitrogen and oxygen atoms in total. The summed E-state index contributed by atoms with van der Waals surface area (Å²) in [5.41, 5.74) is -1.39. The zero-order valence-corrected chi connectivity index (χ0v) is 8.23. The highest BCUT2D eigenvalue weighted by Gasteiger charge is 2.48. The molecular weight excluding hydrogens is 205 g/mol. The molecule has 1 aliphatic rings. The van der Waals surface area contributed by atoms with Crippen molar-refractivity contribution in [3.05, 3.63) is 34.9 Å². The van der Waals surface area contributed by atoms with Crippen molar-refractivity contribution < 1.29 is 18.3 Å². The van der Waals surface area contributed by atoms with E-state index in [2.05, 4.69) is 0 Å². The third-order valence-corrected chi connectivity index (χ3v) is 2.77. The summed E-state index contributed by atoms with van der Waals surface area (Å²) < 4.78 is 38.0. The lowest BCUT2D eigenvalue weighted by Gasteiger charge is -2.19. The SMILES string of the molecule is Cc1cccc(C(F)(F)F)c1C1(O)CC1. The molecule has 0 radical (unpaired) electrons. The second-order valence-corrected chi connectivity index (χ2v) is 4.03. The smallest absolute Gasteiger partial charge is 0.385 e. The van der Waals surface area contributed by atoms with E-state index in [1.165, 1.54) is 6.07 Å². The lowest BCUT2D eigenvalue weighted by Crippen LogP contribution is -2.17. The zero-order chi connectivity index (χ0) is 11.3. The van der Waals surface area contributed by atoms with Crippen LogP contribution in [0.5, 0.6) is 0 Å². The minimum Gasteiger partial charge on any atom is -0.385 e. The third kappa shape index (κ3) is 1.74. The molecule has 1 aliphatic carbocycles. The maximum absolute atomic E-state index is 12.7. The molecule has 1 aromatic carbocycles. The van der Waals surface area contributed by atoms with Crippen LogP contribution < -0.4 is 0 Å². The molecule has 0 atom stereocenters. The highest BCUT2D eigenvalue weighted by molar-refractivity contribution is 5.43. The van der Waals surface area contributed by atoms with Crippen molar-refractivity contribution in [1.29, 1.82) is 0 Å². The van der Waals surface area contributed by atoms with Crippen molar-refractivity contribution in [3.63, 3.8) is 0 Å². The highest BCUT2D eigenvalue weighted by atomic mass is 19.4. The molecule has 0 saturated heterocycles. The second kappa shape index (κ2) is 2.98. The zero-order valence-electron chi connectivity index (χ0n) is 8.23. The Kier molecular flexibility index (Phi) is 2.08. The molecule has 1 fully saturated rings. The van der Waals surface area contributed by atoms with Gasteiger partial charge in [0.25, 0.3) is 0 Å². The van der Waals surface area contributed by atoms with Crippen molar-refractivity contribution in [1.82, 2.24) is 0 Å². The molecule has 0 heterocycles. The summed E-state index contributed by atoms with van der Waals surface area (Å²) in [6.07, 6.45) is -3.55. The van der Waals surface area contributed by atoms with E-state index in [1.54, 1.807) is 13.0 Å². The van der Waals surface area contributed by atoms with Gasteiger partial charge in [0.15, 0.2) is 0 Å². The van der Waals surface area contributed by atoms with Gasteiger partial charge >= 0.3 is 6.18 Å². The monoisotopic (exact) mass is 216 g/mol. The van der Waals surface area contributed by atoms with Crippen LogP contribution in [-0.2, 0) is 11.8 Å².